The zero-order valence-corrected chi connectivity index (χ0v) is 12.5. The molecule has 1 unspecified atom stereocenters. The third-order valence-electron chi connectivity index (χ3n) is 2.20. The van der Waals surface area contributed by atoms with Crippen LogP contribution in [0.25, 0.3) is 0 Å². The number of amides is 1. The average Bonchev–Trinajstić information content (AvgIpc) is 2.20. The van der Waals surface area contributed by atoms with E-state index in [9.17, 15) is 4.79 Å². The van der Waals surface area contributed by atoms with Crippen LogP contribution in [-0.4, -0.2) is 37.5 Å². The van der Waals surface area contributed by atoms with Crippen molar-refractivity contribution in [2.24, 2.45) is 0 Å². The molecular formula is C12H16BrClN2O. The Kier molecular flexibility index (Phi) is 5.43. The van der Waals surface area contributed by atoms with E-state index in [-0.39, 0.29) is 11.9 Å². The molecule has 1 atom stereocenters. The highest BCUT2D eigenvalue weighted by Gasteiger charge is 2.11. The normalized spacial score (nSPS) is 12.6. The molecule has 1 aromatic carbocycles. The second-order valence-corrected chi connectivity index (χ2v) is 5.53. The fourth-order valence-corrected chi connectivity index (χ4v) is 1.97. The molecular weight excluding hydrogens is 304 g/mol. The molecule has 0 heterocycles. The SMILES string of the molecule is CC(CN(C)C)NC(=O)c1ccc(Br)c(Cl)c1. The van der Waals surface area contributed by atoms with Gasteiger partial charge in [0, 0.05) is 22.6 Å². The molecule has 1 rings (SSSR count). The summed E-state index contributed by atoms with van der Waals surface area (Å²) in [4.78, 5) is 13.9. The Balaban J connectivity index is 2.66. The van der Waals surface area contributed by atoms with E-state index in [1.54, 1.807) is 18.2 Å². The van der Waals surface area contributed by atoms with Crippen LogP contribution in [0, 0.1) is 0 Å². The molecule has 3 nitrogen and oxygen atoms in total. The van der Waals surface area contributed by atoms with Gasteiger partial charge in [-0.15, -0.1) is 0 Å². The number of halogens is 2. The Hall–Kier alpha value is -0.580. The van der Waals surface area contributed by atoms with Crippen LogP contribution in [0.3, 0.4) is 0 Å². The summed E-state index contributed by atoms with van der Waals surface area (Å²) in [7, 11) is 3.94. The highest BCUT2D eigenvalue weighted by Crippen LogP contribution is 2.23. The average molecular weight is 320 g/mol. The lowest BCUT2D eigenvalue weighted by Gasteiger charge is -2.18. The summed E-state index contributed by atoms with van der Waals surface area (Å²) in [6, 6.07) is 5.27. The Morgan fingerprint density at radius 3 is 2.71 bits per heavy atom. The second kappa shape index (κ2) is 6.38. The molecule has 17 heavy (non-hydrogen) atoms. The van der Waals surface area contributed by atoms with Crippen molar-refractivity contribution < 1.29 is 4.79 Å². The first-order valence-corrected chi connectivity index (χ1v) is 6.48. The predicted molar refractivity (Wildman–Crippen MR) is 74.6 cm³/mol. The maximum absolute atomic E-state index is 11.9. The summed E-state index contributed by atoms with van der Waals surface area (Å²) in [5.41, 5.74) is 0.573. The van der Waals surface area contributed by atoms with Gasteiger partial charge < -0.3 is 10.2 Å². The molecule has 0 spiro atoms. The van der Waals surface area contributed by atoms with Gasteiger partial charge in [0.2, 0.25) is 0 Å². The highest BCUT2D eigenvalue weighted by atomic mass is 79.9. The third-order valence-corrected chi connectivity index (χ3v) is 3.43. The van der Waals surface area contributed by atoms with Crippen molar-refractivity contribution in [3.05, 3.63) is 33.3 Å². The summed E-state index contributed by atoms with van der Waals surface area (Å²) in [6.07, 6.45) is 0. The maximum atomic E-state index is 11.9. The molecule has 0 aliphatic carbocycles. The van der Waals surface area contributed by atoms with Gasteiger partial charge in [0.15, 0.2) is 0 Å². The topological polar surface area (TPSA) is 32.3 Å². The molecule has 0 fully saturated rings. The summed E-state index contributed by atoms with van der Waals surface area (Å²) in [5, 5.41) is 3.46. The number of rotatable bonds is 4. The molecule has 0 saturated heterocycles. The van der Waals surface area contributed by atoms with E-state index in [1.165, 1.54) is 0 Å². The monoisotopic (exact) mass is 318 g/mol. The van der Waals surface area contributed by atoms with Gasteiger partial charge in [-0.1, -0.05) is 11.6 Å². The number of nitrogens with zero attached hydrogens (tertiary/aromatic N) is 1. The third kappa shape index (κ3) is 4.66. The van der Waals surface area contributed by atoms with Crippen LogP contribution < -0.4 is 5.32 Å². The van der Waals surface area contributed by atoms with Crippen molar-refractivity contribution in [3.63, 3.8) is 0 Å². The van der Waals surface area contributed by atoms with Crippen LogP contribution in [0.4, 0.5) is 0 Å². The van der Waals surface area contributed by atoms with Gasteiger partial charge in [-0.2, -0.15) is 0 Å². The molecule has 0 bridgehead atoms. The quantitative estimate of drug-likeness (QED) is 0.925. The minimum Gasteiger partial charge on any atom is -0.348 e. The molecule has 1 aromatic rings. The fraction of sp³-hybridized carbons (Fsp3) is 0.417. The van der Waals surface area contributed by atoms with Gasteiger partial charge in [-0.25, -0.2) is 0 Å². The zero-order valence-electron chi connectivity index (χ0n) is 10.1. The van der Waals surface area contributed by atoms with E-state index in [2.05, 4.69) is 21.2 Å². The molecule has 0 aliphatic heterocycles. The summed E-state index contributed by atoms with van der Waals surface area (Å²) in [5.74, 6) is -0.103. The van der Waals surface area contributed by atoms with Gasteiger partial charge in [-0.05, 0) is 55.1 Å². The van der Waals surface area contributed by atoms with Crippen LogP contribution in [0.2, 0.25) is 5.02 Å². The van der Waals surface area contributed by atoms with E-state index in [0.29, 0.717) is 10.6 Å². The number of likely N-dealkylation sites (N-methyl/N-ethyl adjacent to an activating group) is 1. The Morgan fingerprint density at radius 2 is 2.18 bits per heavy atom. The Morgan fingerprint density at radius 1 is 1.53 bits per heavy atom. The molecule has 0 aromatic heterocycles. The molecule has 0 aliphatic rings. The first-order valence-electron chi connectivity index (χ1n) is 5.31. The molecule has 1 amide bonds. The van der Waals surface area contributed by atoms with Crippen LogP contribution in [-0.2, 0) is 0 Å². The van der Waals surface area contributed by atoms with Gasteiger partial charge in [0.05, 0.1) is 5.02 Å². The first-order chi connectivity index (χ1) is 7.90. The number of benzene rings is 1. The molecule has 0 radical (unpaired) electrons. The van der Waals surface area contributed by atoms with Crippen molar-refractivity contribution in [1.82, 2.24) is 10.2 Å². The number of nitrogens with one attached hydrogen (secondary N) is 1. The zero-order chi connectivity index (χ0) is 13.0. The van der Waals surface area contributed by atoms with Crippen molar-refractivity contribution in [2.45, 2.75) is 13.0 Å². The van der Waals surface area contributed by atoms with Gasteiger partial charge in [-0.3, -0.25) is 4.79 Å². The van der Waals surface area contributed by atoms with E-state index in [1.807, 2.05) is 25.9 Å². The van der Waals surface area contributed by atoms with Crippen molar-refractivity contribution in [2.75, 3.05) is 20.6 Å². The second-order valence-electron chi connectivity index (χ2n) is 4.27. The Bertz CT molecular complexity index is 409. The summed E-state index contributed by atoms with van der Waals surface area (Å²) >= 11 is 9.24. The lowest BCUT2D eigenvalue weighted by Crippen LogP contribution is -2.39. The summed E-state index contributed by atoms with van der Waals surface area (Å²) in [6.45, 7) is 2.77. The first kappa shape index (κ1) is 14.5. The van der Waals surface area contributed by atoms with Crippen LogP contribution in [0.5, 0.6) is 0 Å². The van der Waals surface area contributed by atoms with E-state index in [0.717, 1.165) is 11.0 Å². The van der Waals surface area contributed by atoms with Crippen molar-refractivity contribution in [3.8, 4) is 0 Å². The maximum Gasteiger partial charge on any atom is 0.251 e. The lowest BCUT2D eigenvalue weighted by molar-refractivity contribution is 0.0934. The van der Waals surface area contributed by atoms with Gasteiger partial charge in [0.1, 0.15) is 0 Å². The smallest absolute Gasteiger partial charge is 0.251 e. The minimum atomic E-state index is -0.103. The van der Waals surface area contributed by atoms with Gasteiger partial charge in [0.25, 0.3) is 5.91 Å². The molecule has 94 valence electrons. The van der Waals surface area contributed by atoms with E-state index < -0.39 is 0 Å². The Labute approximate surface area is 115 Å². The van der Waals surface area contributed by atoms with Crippen molar-refractivity contribution >= 4 is 33.4 Å². The number of hydrogen-bond donors (Lipinski definition) is 1. The molecule has 0 saturated carbocycles. The fourth-order valence-electron chi connectivity index (χ4n) is 1.54. The number of carbonyl (C=O) groups excluding carboxylic acids is 1. The molecule has 5 heteroatoms. The van der Waals surface area contributed by atoms with E-state index >= 15 is 0 Å². The number of carbonyl (C=O) groups is 1. The van der Waals surface area contributed by atoms with Crippen LogP contribution >= 0.6 is 27.5 Å². The van der Waals surface area contributed by atoms with E-state index in [4.69, 9.17) is 11.6 Å². The molecule has 1 N–H and O–H groups in total. The van der Waals surface area contributed by atoms with Crippen LogP contribution in [0.15, 0.2) is 22.7 Å². The number of hydrogen-bond acceptors (Lipinski definition) is 2. The highest BCUT2D eigenvalue weighted by molar-refractivity contribution is 9.10. The van der Waals surface area contributed by atoms with Gasteiger partial charge >= 0.3 is 0 Å². The summed E-state index contributed by atoms with van der Waals surface area (Å²) < 4.78 is 0.789. The van der Waals surface area contributed by atoms with Crippen molar-refractivity contribution in [1.29, 1.82) is 0 Å². The predicted octanol–water partition coefficient (Wildman–Crippen LogP) is 2.78. The van der Waals surface area contributed by atoms with Crippen LogP contribution in [0.1, 0.15) is 17.3 Å². The lowest BCUT2D eigenvalue weighted by atomic mass is 10.2. The largest absolute Gasteiger partial charge is 0.348 e. The minimum absolute atomic E-state index is 0.0972. The standard InChI is InChI=1S/C12H16BrClN2O/c1-8(7-16(2)3)15-12(17)9-4-5-10(13)11(14)6-9/h4-6,8H,7H2,1-3H3,(H,15,17).